The van der Waals surface area contributed by atoms with Crippen molar-refractivity contribution in [1.82, 2.24) is 15.0 Å². The number of aromatic nitrogens is 1. The van der Waals surface area contributed by atoms with Gasteiger partial charge in [0.15, 0.2) is 0 Å². The zero-order valence-corrected chi connectivity index (χ0v) is 12.3. The fourth-order valence-electron chi connectivity index (χ4n) is 1.51. The first-order chi connectivity index (χ1) is 8.77. The number of rotatable bonds is 6. The maximum atomic E-state index is 4.50. The van der Waals surface area contributed by atoms with Gasteiger partial charge < -0.3 is 5.32 Å². The molecule has 1 heterocycles. The first-order valence-electron chi connectivity index (χ1n) is 6.49. The Labute approximate surface area is 114 Å². The molecule has 0 aliphatic carbocycles. The van der Waals surface area contributed by atoms with E-state index < -0.39 is 0 Å². The number of unbranched alkanes of at least 4 members (excludes halogenated alkanes) is 1. The van der Waals surface area contributed by atoms with Crippen LogP contribution in [0.1, 0.15) is 43.5 Å². The lowest BCUT2D eigenvalue weighted by molar-refractivity contribution is 0.574. The van der Waals surface area contributed by atoms with Gasteiger partial charge in [0.2, 0.25) is 0 Å². The topological polar surface area (TPSA) is 37.0 Å². The highest BCUT2D eigenvalue weighted by atomic mass is 32.1. The molecule has 3 nitrogen and oxygen atoms in total. The van der Waals surface area contributed by atoms with E-state index in [9.17, 15) is 0 Å². The van der Waals surface area contributed by atoms with Gasteiger partial charge in [-0.05, 0) is 45.0 Å². The van der Waals surface area contributed by atoms with Crippen molar-refractivity contribution in [3.63, 3.8) is 0 Å². The maximum Gasteiger partial charge on any atom is 0.0647 e. The average Bonchev–Trinajstić information content (AvgIpc) is 2.39. The summed E-state index contributed by atoms with van der Waals surface area (Å²) in [5, 5.41) is 6.46. The van der Waals surface area contributed by atoms with Crippen LogP contribution in [0.25, 0.3) is 0 Å². The Hall–Kier alpha value is -0.930. The highest BCUT2D eigenvalue weighted by molar-refractivity contribution is 7.86. The second-order valence-corrected chi connectivity index (χ2v) is 5.05. The predicted octanol–water partition coefficient (Wildman–Crippen LogP) is 3.04. The lowest BCUT2D eigenvalue weighted by Gasteiger charge is -2.14. The third-order valence-corrected chi connectivity index (χ3v) is 3.35. The average molecular weight is 265 g/mol. The fraction of sp³-hybridized carbons (Fsp3) is 0.571. The smallest absolute Gasteiger partial charge is 0.0647 e. The minimum absolute atomic E-state index is 0.271. The van der Waals surface area contributed by atoms with Gasteiger partial charge in [-0.2, -0.15) is 0 Å². The Balaban J connectivity index is 2.65. The Morgan fingerprint density at radius 3 is 2.89 bits per heavy atom. The number of pyridine rings is 1. The lowest BCUT2D eigenvalue weighted by atomic mass is 10.1. The summed E-state index contributed by atoms with van der Waals surface area (Å²) in [6.07, 6.45) is 5.09. The number of nitrogens with one attached hydrogen (secondary N) is 2. The van der Waals surface area contributed by atoms with Crippen molar-refractivity contribution in [2.45, 2.75) is 39.2 Å². The van der Waals surface area contributed by atoms with Crippen LogP contribution in [-0.4, -0.2) is 18.6 Å². The van der Waals surface area contributed by atoms with Crippen molar-refractivity contribution in [2.75, 3.05) is 13.6 Å². The van der Waals surface area contributed by atoms with Crippen LogP contribution >= 0.6 is 11.4 Å². The SMILES string of the molecule is CCCC#SNC(CCNC)c1ccc(C)cn1. The minimum atomic E-state index is 0.271. The molecule has 0 spiro atoms. The molecule has 4 heteroatoms. The van der Waals surface area contributed by atoms with Gasteiger partial charge in [-0.15, -0.1) is 0 Å². The van der Waals surface area contributed by atoms with Crippen LogP contribution in [0.3, 0.4) is 0 Å². The molecule has 1 aromatic rings. The van der Waals surface area contributed by atoms with E-state index in [2.05, 4.69) is 46.2 Å². The van der Waals surface area contributed by atoms with Gasteiger partial charge in [0, 0.05) is 12.6 Å². The van der Waals surface area contributed by atoms with Gasteiger partial charge in [-0.1, -0.05) is 29.5 Å². The van der Waals surface area contributed by atoms with Crippen LogP contribution in [0.4, 0.5) is 0 Å². The summed E-state index contributed by atoms with van der Waals surface area (Å²) >= 11 is 1.57. The molecule has 0 aliphatic rings. The van der Waals surface area contributed by atoms with Gasteiger partial charge in [-0.25, -0.2) is 4.72 Å². The zero-order chi connectivity index (χ0) is 13.2. The van der Waals surface area contributed by atoms with Gasteiger partial charge in [-0.3, -0.25) is 4.98 Å². The van der Waals surface area contributed by atoms with E-state index in [1.807, 2.05) is 13.2 Å². The second-order valence-electron chi connectivity index (χ2n) is 4.32. The summed E-state index contributed by atoms with van der Waals surface area (Å²) in [5.74, 6) is 0. The van der Waals surface area contributed by atoms with E-state index in [0.717, 1.165) is 31.5 Å². The first-order valence-corrected chi connectivity index (χ1v) is 7.31. The third kappa shape index (κ3) is 5.61. The molecule has 0 amide bonds. The first kappa shape index (κ1) is 15.1. The minimum Gasteiger partial charge on any atom is -0.320 e. The molecule has 1 atom stereocenters. The van der Waals surface area contributed by atoms with E-state index in [-0.39, 0.29) is 6.04 Å². The standard InChI is InChI=1S/C14H23N3S/c1-4-5-10-18-17-14(8-9-15-3)13-7-6-12(2)11-16-13/h6-7,11,14-15,17H,4-5,8-9H2,1-3H3. The summed E-state index contributed by atoms with van der Waals surface area (Å²) in [7, 11) is 1.97. The summed E-state index contributed by atoms with van der Waals surface area (Å²) in [6, 6.07) is 4.48. The molecule has 1 aromatic heterocycles. The molecule has 0 saturated carbocycles. The van der Waals surface area contributed by atoms with Crippen LogP contribution in [0, 0.1) is 12.1 Å². The zero-order valence-electron chi connectivity index (χ0n) is 11.5. The highest BCUT2D eigenvalue weighted by Gasteiger charge is 2.10. The van der Waals surface area contributed by atoms with Crippen LogP contribution < -0.4 is 10.0 Å². The highest BCUT2D eigenvalue weighted by Crippen LogP contribution is 2.15. The van der Waals surface area contributed by atoms with Crippen LogP contribution in [-0.2, 0) is 0 Å². The molecule has 18 heavy (non-hydrogen) atoms. The fourth-order valence-corrected chi connectivity index (χ4v) is 2.28. The Morgan fingerprint density at radius 1 is 1.44 bits per heavy atom. The third-order valence-electron chi connectivity index (χ3n) is 2.60. The van der Waals surface area contributed by atoms with Crippen molar-refractivity contribution in [3.8, 4) is 5.18 Å². The molecule has 0 bridgehead atoms. The van der Waals surface area contributed by atoms with Crippen molar-refractivity contribution >= 4 is 11.4 Å². The van der Waals surface area contributed by atoms with Gasteiger partial charge in [0.1, 0.15) is 0 Å². The van der Waals surface area contributed by atoms with Crippen molar-refractivity contribution in [2.24, 2.45) is 0 Å². The predicted molar refractivity (Wildman–Crippen MR) is 79.8 cm³/mol. The monoisotopic (exact) mass is 265 g/mol. The molecule has 0 radical (unpaired) electrons. The normalized spacial score (nSPS) is 11.9. The maximum absolute atomic E-state index is 4.50. The molecule has 1 rings (SSSR count). The number of aryl methyl sites for hydroxylation is 1. The van der Waals surface area contributed by atoms with E-state index >= 15 is 0 Å². The Bertz CT molecular complexity index is 392. The largest absolute Gasteiger partial charge is 0.320 e. The van der Waals surface area contributed by atoms with Crippen LogP contribution in [0.2, 0.25) is 0 Å². The van der Waals surface area contributed by atoms with Gasteiger partial charge in [0.25, 0.3) is 0 Å². The van der Waals surface area contributed by atoms with Crippen LogP contribution in [0.5, 0.6) is 0 Å². The molecule has 0 aromatic carbocycles. The quantitative estimate of drug-likeness (QED) is 0.776. The summed E-state index contributed by atoms with van der Waals surface area (Å²) in [4.78, 5) is 4.50. The molecular formula is C14H23N3S. The van der Waals surface area contributed by atoms with Crippen molar-refractivity contribution < 1.29 is 0 Å². The van der Waals surface area contributed by atoms with E-state index in [0.29, 0.717) is 0 Å². The Morgan fingerprint density at radius 2 is 2.28 bits per heavy atom. The molecule has 2 N–H and O–H groups in total. The number of hydrogen-bond acceptors (Lipinski definition) is 3. The second kappa shape index (κ2) is 9.06. The van der Waals surface area contributed by atoms with Crippen molar-refractivity contribution in [1.29, 1.82) is 0 Å². The summed E-state index contributed by atoms with van der Waals surface area (Å²) in [5.41, 5.74) is 2.30. The van der Waals surface area contributed by atoms with Crippen LogP contribution in [0.15, 0.2) is 18.3 Å². The lowest BCUT2D eigenvalue weighted by Crippen LogP contribution is -2.19. The molecular weight excluding hydrogens is 242 g/mol. The van der Waals surface area contributed by atoms with Gasteiger partial charge in [0.05, 0.1) is 11.7 Å². The molecule has 0 fully saturated rings. The van der Waals surface area contributed by atoms with E-state index in [4.69, 9.17) is 0 Å². The Kier molecular flexibility index (Phi) is 7.62. The number of hydrogen-bond donors (Lipinski definition) is 2. The number of nitrogens with zero attached hydrogens (tertiary/aromatic N) is 1. The van der Waals surface area contributed by atoms with Gasteiger partial charge >= 0.3 is 0 Å². The van der Waals surface area contributed by atoms with E-state index in [1.165, 1.54) is 5.56 Å². The molecule has 1 unspecified atom stereocenters. The van der Waals surface area contributed by atoms with Crippen molar-refractivity contribution in [3.05, 3.63) is 29.6 Å². The molecule has 100 valence electrons. The van der Waals surface area contributed by atoms with E-state index in [1.54, 1.807) is 11.4 Å². The summed E-state index contributed by atoms with van der Waals surface area (Å²) < 4.78 is 3.43. The molecule has 0 saturated heterocycles. The summed E-state index contributed by atoms with van der Waals surface area (Å²) in [6.45, 7) is 5.19. The molecule has 0 aliphatic heterocycles.